The number of nitrogens with one attached hydrogen (secondary N) is 2. The summed E-state index contributed by atoms with van der Waals surface area (Å²) in [5, 5.41) is 4.71. The molecule has 0 saturated carbocycles. The molecule has 2 aromatic carbocycles. The number of rotatable bonds is 7. The summed E-state index contributed by atoms with van der Waals surface area (Å²) in [6.07, 6.45) is -6.00. The molecule has 0 heterocycles. The molecule has 0 spiro atoms. The van der Waals surface area contributed by atoms with E-state index in [9.17, 15) is 22.8 Å². The molecule has 2 aromatic rings. The second-order valence-electron chi connectivity index (χ2n) is 5.83. The Morgan fingerprint density at radius 2 is 1.71 bits per heavy atom. The summed E-state index contributed by atoms with van der Waals surface area (Å²) in [7, 11) is 0. The van der Waals surface area contributed by atoms with Crippen LogP contribution in [-0.2, 0) is 9.53 Å². The summed E-state index contributed by atoms with van der Waals surface area (Å²) >= 11 is 0. The Kier molecular flexibility index (Phi) is 7.25. The number of amides is 2. The standard InChI is InChI=1S/C19H19F3N2O4/c1-13-6-8-14(9-7-13)28-16-5-3-2-4-15(16)24-17(25)10-11-23-18(26)27-12-19(20,21)22/h2-9H,10-12H2,1H3,(H,23,26)(H,24,25). The highest BCUT2D eigenvalue weighted by Gasteiger charge is 2.29. The molecule has 0 aliphatic carbocycles. The van der Waals surface area contributed by atoms with Crippen molar-refractivity contribution in [3.8, 4) is 11.5 Å². The second-order valence-corrected chi connectivity index (χ2v) is 5.83. The van der Waals surface area contributed by atoms with Crippen LogP contribution in [0.2, 0.25) is 0 Å². The zero-order chi connectivity index (χ0) is 20.6. The molecule has 0 aliphatic rings. The first-order chi connectivity index (χ1) is 13.2. The van der Waals surface area contributed by atoms with Gasteiger partial charge in [0.2, 0.25) is 5.91 Å². The number of carbonyl (C=O) groups is 2. The van der Waals surface area contributed by atoms with Crippen LogP contribution >= 0.6 is 0 Å². The fourth-order valence-corrected chi connectivity index (χ4v) is 2.08. The molecule has 0 radical (unpaired) electrons. The van der Waals surface area contributed by atoms with E-state index >= 15 is 0 Å². The van der Waals surface area contributed by atoms with E-state index in [1.165, 1.54) is 0 Å². The Morgan fingerprint density at radius 3 is 2.39 bits per heavy atom. The average molecular weight is 396 g/mol. The second kappa shape index (κ2) is 9.63. The van der Waals surface area contributed by atoms with Gasteiger partial charge in [-0.3, -0.25) is 4.79 Å². The predicted octanol–water partition coefficient (Wildman–Crippen LogP) is 4.40. The van der Waals surface area contributed by atoms with Crippen LogP contribution in [0.1, 0.15) is 12.0 Å². The minimum atomic E-state index is -4.60. The number of carbonyl (C=O) groups excluding carboxylic acids is 2. The van der Waals surface area contributed by atoms with Crippen molar-refractivity contribution in [2.24, 2.45) is 0 Å². The van der Waals surface area contributed by atoms with Crippen LogP contribution in [-0.4, -0.2) is 31.3 Å². The van der Waals surface area contributed by atoms with Gasteiger partial charge in [0.05, 0.1) is 5.69 Å². The lowest BCUT2D eigenvalue weighted by atomic mass is 10.2. The molecule has 2 rings (SSSR count). The number of hydrogen-bond acceptors (Lipinski definition) is 4. The molecule has 0 bridgehead atoms. The van der Waals surface area contributed by atoms with Gasteiger partial charge in [-0.05, 0) is 31.2 Å². The van der Waals surface area contributed by atoms with Crippen molar-refractivity contribution in [1.82, 2.24) is 5.32 Å². The maximum atomic E-state index is 12.0. The van der Waals surface area contributed by atoms with Crippen molar-refractivity contribution >= 4 is 17.7 Å². The molecule has 0 atom stereocenters. The quantitative estimate of drug-likeness (QED) is 0.727. The molecule has 9 heteroatoms. The number of benzene rings is 2. The minimum absolute atomic E-state index is 0.153. The van der Waals surface area contributed by atoms with Gasteiger partial charge in [-0.15, -0.1) is 0 Å². The van der Waals surface area contributed by atoms with Crippen LogP contribution in [0, 0.1) is 6.92 Å². The van der Waals surface area contributed by atoms with Gasteiger partial charge >= 0.3 is 12.3 Å². The summed E-state index contributed by atoms with van der Waals surface area (Å²) in [5.41, 5.74) is 1.50. The van der Waals surface area contributed by atoms with Gasteiger partial charge in [-0.2, -0.15) is 13.2 Å². The number of hydrogen-bond donors (Lipinski definition) is 2. The third kappa shape index (κ3) is 7.56. The fraction of sp³-hybridized carbons (Fsp3) is 0.263. The van der Waals surface area contributed by atoms with Gasteiger partial charge in [-0.25, -0.2) is 4.79 Å². The summed E-state index contributed by atoms with van der Waals surface area (Å²) < 4.78 is 45.6. The molecular weight excluding hydrogens is 377 g/mol. The molecule has 0 aliphatic heterocycles. The van der Waals surface area contributed by atoms with Gasteiger partial charge in [0.1, 0.15) is 5.75 Å². The van der Waals surface area contributed by atoms with Gasteiger partial charge in [0, 0.05) is 13.0 Å². The number of halogens is 3. The number of anilines is 1. The zero-order valence-electron chi connectivity index (χ0n) is 15.0. The van der Waals surface area contributed by atoms with Gasteiger partial charge < -0.3 is 20.1 Å². The average Bonchev–Trinajstić information content (AvgIpc) is 2.63. The summed E-state index contributed by atoms with van der Waals surface area (Å²) in [6.45, 7) is 0.0865. The molecule has 0 saturated heterocycles. The van der Waals surface area contributed by atoms with Crippen molar-refractivity contribution in [2.75, 3.05) is 18.5 Å². The molecule has 2 N–H and O–H groups in total. The van der Waals surface area contributed by atoms with E-state index in [-0.39, 0.29) is 13.0 Å². The normalized spacial score (nSPS) is 10.9. The number of ether oxygens (including phenoxy) is 2. The molecule has 0 unspecified atom stereocenters. The molecule has 28 heavy (non-hydrogen) atoms. The Bertz CT molecular complexity index is 808. The van der Waals surface area contributed by atoms with E-state index in [0.717, 1.165) is 5.56 Å². The SMILES string of the molecule is Cc1ccc(Oc2ccccc2NC(=O)CCNC(=O)OCC(F)(F)F)cc1. The van der Waals surface area contributed by atoms with Gasteiger partial charge in [-0.1, -0.05) is 29.8 Å². The zero-order valence-corrected chi connectivity index (χ0v) is 15.0. The Morgan fingerprint density at radius 1 is 1.04 bits per heavy atom. The molecule has 0 fully saturated rings. The van der Waals surface area contributed by atoms with E-state index in [0.29, 0.717) is 17.2 Å². The third-order valence-corrected chi connectivity index (χ3v) is 3.40. The molecular formula is C19H19F3N2O4. The van der Waals surface area contributed by atoms with E-state index in [1.54, 1.807) is 36.4 Å². The summed E-state index contributed by atoms with van der Waals surface area (Å²) in [6, 6.07) is 14.2. The highest BCUT2D eigenvalue weighted by Crippen LogP contribution is 2.29. The lowest BCUT2D eigenvalue weighted by Gasteiger charge is -2.13. The fourth-order valence-electron chi connectivity index (χ4n) is 2.08. The minimum Gasteiger partial charge on any atom is -0.455 e. The van der Waals surface area contributed by atoms with Crippen molar-refractivity contribution in [2.45, 2.75) is 19.5 Å². The lowest BCUT2D eigenvalue weighted by molar-refractivity contribution is -0.160. The lowest BCUT2D eigenvalue weighted by Crippen LogP contribution is -2.31. The van der Waals surface area contributed by atoms with E-state index in [2.05, 4.69) is 15.4 Å². The van der Waals surface area contributed by atoms with Crippen LogP contribution in [0.4, 0.5) is 23.7 Å². The van der Waals surface area contributed by atoms with Crippen molar-refractivity contribution in [1.29, 1.82) is 0 Å². The summed E-state index contributed by atoms with van der Waals surface area (Å²) in [5.74, 6) is 0.578. The smallest absolute Gasteiger partial charge is 0.422 e. The first kappa shape index (κ1) is 21.1. The number of alkyl carbamates (subject to hydrolysis) is 1. The first-order valence-electron chi connectivity index (χ1n) is 8.34. The van der Waals surface area contributed by atoms with Crippen LogP contribution in [0.15, 0.2) is 48.5 Å². The topological polar surface area (TPSA) is 76.7 Å². The van der Waals surface area contributed by atoms with Crippen LogP contribution in [0.3, 0.4) is 0 Å². The Labute approximate surface area is 159 Å². The van der Waals surface area contributed by atoms with Crippen molar-refractivity contribution in [3.05, 3.63) is 54.1 Å². The third-order valence-electron chi connectivity index (χ3n) is 3.40. The van der Waals surface area contributed by atoms with Crippen LogP contribution < -0.4 is 15.4 Å². The molecule has 0 aromatic heterocycles. The predicted molar refractivity (Wildman–Crippen MR) is 96.3 cm³/mol. The first-order valence-corrected chi connectivity index (χ1v) is 8.34. The summed E-state index contributed by atoms with van der Waals surface area (Å²) in [4.78, 5) is 23.1. The van der Waals surface area contributed by atoms with Crippen molar-refractivity contribution in [3.63, 3.8) is 0 Å². The highest BCUT2D eigenvalue weighted by molar-refractivity contribution is 5.92. The Balaban J connectivity index is 1.83. The van der Waals surface area contributed by atoms with E-state index in [1.807, 2.05) is 19.1 Å². The van der Waals surface area contributed by atoms with E-state index in [4.69, 9.17) is 4.74 Å². The molecule has 6 nitrogen and oxygen atoms in total. The van der Waals surface area contributed by atoms with Crippen molar-refractivity contribution < 1.29 is 32.2 Å². The van der Waals surface area contributed by atoms with Gasteiger partial charge in [0.25, 0.3) is 0 Å². The van der Waals surface area contributed by atoms with Crippen LogP contribution in [0.5, 0.6) is 11.5 Å². The number of para-hydroxylation sites is 2. The maximum absolute atomic E-state index is 12.0. The largest absolute Gasteiger partial charge is 0.455 e. The van der Waals surface area contributed by atoms with Crippen LogP contribution in [0.25, 0.3) is 0 Å². The van der Waals surface area contributed by atoms with Gasteiger partial charge in [0.15, 0.2) is 12.4 Å². The van der Waals surface area contributed by atoms with E-state index < -0.39 is 24.8 Å². The molecule has 150 valence electrons. The number of alkyl halides is 3. The monoisotopic (exact) mass is 396 g/mol. The molecule has 2 amide bonds. The highest BCUT2D eigenvalue weighted by atomic mass is 19.4. The maximum Gasteiger partial charge on any atom is 0.422 e. The Hall–Kier alpha value is -3.23. The number of aryl methyl sites for hydroxylation is 1.